The number of hydrogen-bond acceptors (Lipinski definition) is 4. The average molecular weight is 278 g/mol. The lowest BCUT2D eigenvalue weighted by Crippen LogP contribution is -2.24. The van der Waals surface area contributed by atoms with Crippen LogP contribution >= 0.6 is 0 Å². The van der Waals surface area contributed by atoms with Crippen LogP contribution < -0.4 is 9.86 Å². The first kappa shape index (κ1) is 14.1. The third kappa shape index (κ3) is 3.77. The molecule has 0 aromatic heterocycles. The highest BCUT2D eigenvalue weighted by Gasteiger charge is 2.16. The summed E-state index contributed by atoms with van der Waals surface area (Å²) in [5.74, 6) is 0. The van der Waals surface area contributed by atoms with Crippen LogP contribution in [0.2, 0.25) is 0 Å². The third-order valence-electron chi connectivity index (χ3n) is 1.99. The Morgan fingerprint density at radius 2 is 1.76 bits per heavy atom. The van der Waals surface area contributed by atoms with E-state index in [1.54, 1.807) is 0 Å². The van der Waals surface area contributed by atoms with Gasteiger partial charge in [0.2, 0.25) is 20.0 Å². The number of sulfonamides is 2. The zero-order valence-electron chi connectivity index (χ0n) is 9.25. The van der Waals surface area contributed by atoms with Crippen molar-refractivity contribution in [3.8, 4) is 0 Å². The van der Waals surface area contributed by atoms with E-state index in [2.05, 4.69) is 4.72 Å². The molecule has 1 aromatic rings. The van der Waals surface area contributed by atoms with Gasteiger partial charge in [-0.25, -0.2) is 26.7 Å². The van der Waals surface area contributed by atoms with Gasteiger partial charge in [0.05, 0.1) is 9.79 Å². The SMILES string of the molecule is CCCNS(=O)(=O)c1cccc(S(N)(=O)=O)c1. The molecular weight excluding hydrogens is 264 g/mol. The molecular formula is C9H14N2O4S2. The number of hydrogen-bond donors (Lipinski definition) is 2. The second kappa shape index (κ2) is 5.13. The summed E-state index contributed by atoms with van der Waals surface area (Å²) >= 11 is 0. The van der Waals surface area contributed by atoms with Crippen molar-refractivity contribution in [2.75, 3.05) is 6.54 Å². The van der Waals surface area contributed by atoms with E-state index in [-0.39, 0.29) is 9.79 Å². The van der Waals surface area contributed by atoms with Gasteiger partial charge in [0, 0.05) is 6.54 Å². The van der Waals surface area contributed by atoms with E-state index in [1.165, 1.54) is 18.2 Å². The summed E-state index contributed by atoms with van der Waals surface area (Å²) in [5.41, 5.74) is 0. The molecule has 0 bridgehead atoms. The van der Waals surface area contributed by atoms with Crippen LogP contribution in [0.25, 0.3) is 0 Å². The van der Waals surface area contributed by atoms with Crippen molar-refractivity contribution in [2.24, 2.45) is 5.14 Å². The van der Waals surface area contributed by atoms with Crippen molar-refractivity contribution >= 4 is 20.0 Å². The summed E-state index contributed by atoms with van der Waals surface area (Å²) in [6.45, 7) is 2.12. The third-order valence-corrected chi connectivity index (χ3v) is 4.36. The van der Waals surface area contributed by atoms with Gasteiger partial charge in [-0.15, -0.1) is 0 Å². The summed E-state index contributed by atoms with van der Waals surface area (Å²) in [6.07, 6.45) is 0.647. The maximum atomic E-state index is 11.7. The smallest absolute Gasteiger partial charge is 0.225 e. The topological polar surface area (TPSA) is 106 Å². The predicted molar refractivity (Wildman–Crippen MR) is 63.3 cm³/mol. The zero-order chi connectivity index (χ0) is 13.1. The van der Waals surface area contributed by atoms with Crippen molar-refractivity contribution in [2.45, 2.75) is 23.1 Å². The fourth-order valence-corrected chi connectivity index (χ4v) is 2.95. The van der Waals surface area contributed by atoms with Crippen LogP contribution in [-0.4, -0.2) is 23.4 Å². The normalized spacial score (nSPS) is 12.6. The van der Waals surface area contributed by atoms with Crippen LogP contribution in [0.15, 0.2) is 34.1 Å². The molecule has 0 heterocycles. The molecule has 0 aliphatic carbocycles. The van der Waals surface area contributed by atoms with Crippen molar-refractivity contribution in [3.63, 3.8) is 0 Å². The monoisotopic (exact) mass is 278 g/mol. The first-order valence-corrected chi connectivity index (χ1v) is 7.93. The van der Waals surface area contributed by atoms with Crippen molar-refractivity contribution in [3.05, 3.63) is 24.3 Å². The molecule has 0 aliphatic heterocycles. The van der Waals surface area contributed by atoms with Crippen LogP contribution in [0.1, 0.15) is 13.3 Å². The Bertz CT molecular complexity index is 593. The molecule has 0 atom stereocenters. The van der Waals surface area contributed by atoms with Crippen LogP contribution in [0.4, 0.5) is 0 Å². The lowest BCUT2D eigenvalue weighted by atomic mass is 10.4. The lowest BCUT2D eigenvalue weighted by molar-refractivity contribution is 0.580. The van der Waals surface area contributed by atoms with Gasteiger partial charge in [0.25, 0.3) is 0 Å². The van der Waals surface area contributed by atoms with Crippen molar-refractivity contribution < 1.29 is 16.8 Å². The molecule has 3 N–H and O–H groups in total. The predicted octanol–water partition coefficient (Wildman–Crippen LogP) is 0.0223. The average Bonchev–Trinajstić information content (AvgIpc) is 2.25. The molecule has 8 heteroatoms. The van der Waals surface area contributed by atoms with Crippen LogP contribution in [0, 0.1) is 0 Å². The molecule has 0 saturated carbocycles. The minimum absolute atomic E-state index is 0.113. The Morgan fingerprint density at radius 1 is 1.18 bits per heavy atom. The lowest BCUT2D eigenvalue weighted by Gasteiger charge is -2.06. The number of nitrogens with one attached hydrogen (secondary N) is 1. The molecule has 0 radical (unpaired) electrons. The molecule has 1 aromatic carbocycles. The first-order valence-electron chi connectivity index (χ1n) is 4.90. The number of primary sulfonamides is 1. The van der Waals surface area contributed by atoms with E-state index < -0.39 is 20.0 Å². The van der Waals surface area contributed by atoms with Gasteiger partial charge in [-0.05, 0) is 24.6 Å². The summed E-state index contributed by atoms with van der Waals surface area (Å²) < 4.78 is 48.0. The Morgan fingerprint density at radius 3 is 2.29 bits per heavy atom. The highest BCUT2D eigenvalue weighted by atomic mass is 32.2. The molecule has 0 fully saturated rings. The van der Waals surface area contributed by atoms with Crippen LogP contribution in [0.5, 0.6) is 0 Å². The number of benzene rings is 1. The number of rotatable bonds is 5. The maximum absolute atomic E-state index is 11.7. The summed E-state index contributed by atoms with van der Waals surface area (Å²) in [4.78, 5) is -0.339. The van der Waals surface area contributed by atoms with E-state index in [0.717, 1.165) is 6.07 Å². The van der Waals surface area contributed by atoms with E-state index in [1.807, 2.05) is 6.92 Å². The maximum Gasteiger partial charge on any atom is 0.240 e. The standard InChI is InChI=1S/C9H14N2O4S2/c1-2-6-11-17(14,15)9-5-3-4-8(7-9)16(10,12)13/h3-5,7,11H,2,6H2,1H3,(H2,10,12,13). The zero-order valence-corrected chi connectivity index (χ0v) is 10.9. The number of nitrogens with two attached hydrogens (primary N) is 1. The Balaban J connectivity index is 3.17. The molecule has 0 amide bonds. The fraction of sp³-hybridized carbons (Fsp3) is 0.333. The second-order valence-corrected chi connectivity index (χ2v) is 6.75. The minimum atomic E-state index is -3.90. The van der Waals surface area contributed by atoms with Gasteiger partial charge in [0.15, 0.2) is 0 Å². The molecule has 6 nitrogen and oxygen atoms in total. The summed E-state index contributed by atoms with van der Waals surface area (Å²) in [6, 6.07) is 4.93. The van der Waals surface area contributed by atoms with E-state index in [9.17, 15) is 16.8 Å². The van der Waals surface area contributed by atoms with E-state index in [0.29, 0.717) is 13.0 Å². The molecule has 0 spiro atoms. The van der Waals surface area contributed by atoms with Crippen LogP contribution in [-0.2, 0) is 20.0 Å². The molecule has 0 aliphatic rings. The molecule has 0 saturated heterocycles. The first-order chi connectivity index (χ1) is 7.77. The second-order valence-electron chi connectivity index (χ2n) is 3.42. The van der Waals surface area contributed by atoms with Gasteiger partial charge < -0.3 is 0 Å². The van der Waals surface area contributed by atoms with Gasteiger partial charge in [0.1, 0.15) is 0 Å². The Labute approximate surface area is 101 Å². The van der Waals surface area contributed by atoms with Gasteiger partial charge in [-0.2, -0.15) is 0 Å². The molecule has 1 rings (SSSR count). The van der Waals surface area contributed by atoms with Gasteiger partial charge in [-0.1, -0.05) is 13.0 Å². The van der Waals surface area contributed by atoms with Gasteiger partial charge in [-0.3, -0.25) is 0 Å². The highest BCUT2D eigenvalue weighted by molar-refractivity contribution is 7.90. The van der Waals surface area contributed by atoms with Crippen LogP contribution in [0.3, 0.4) is 0 Å². The van der Waals surface area contributed by atoms with Crippen molar-refractivity contribution in [1.82, 2.24) is 4.72 Å². The summed E-state index contributed by atoms with van der Waals surface area (Å²) in [5, 5.41) is 4.93. The summed E-state index contributed by atoms with van der Waals surface area (Å²) in [7, 11) is -7.57. The largest absolute Gasteiger partial charge is 0.240 e. The van der Waals surface area contributed by atoms with Crippen molar-refractivity contribution in [1.29, 1.82) is 0 Å². The molecule has 0 unspecified atom stereocenters. The Kier molecular flexibility index (Phi) is 4.26. The molecule has 96 valence electrons. The fourth-order valence-electron chi connectivity index (χ4n) is 1.14. The van der Waals surface area contributed by atoms with Gasteiger partial charge >= 0.3 is 0 Å². The quantitative estimate of drug-likeness (QED) is 0.792. The minimum Gasteiger partial charge on any atom is -0.225 e. The van der Waals surface area contributed by atoms with E-state index >= 15 is 0 Å². The molecule has 17 heavy (non-hydrogen) atoms. The highest BCUT2D eigenvalue weighted by Crippen LogP contribution is 2.14. The van der Waals surface area contributed by atoms with E-state index in [4.69, 9.17) is 5.14 Å². The Hall–Kier alpha value is -0.960.